The van der Waals surface area contributed by atoms with Gasteiger partial charge < -0.3 is 5.32 Å². The number of anilines is 1. The van der Waals surface area contributed by atoms with Crippen LogP contribution in [0.3, 0.4) is 0 Å². The van der Waals surface area contributed by atoms with Crippen LogP contribution in [-0.4, -0.2) is 6.54 Å². The molecule has 0 aliphatic rings. The summed E-state index contributed by atoms with van der Waals surface area (Å²) in [5, 5.41) is 21.0. The quantitative estimate of drug-likeness (QED) is 0.773. The van der Waals surface area contributed by atoms with Gasteiger partial charge in [0.1, 0.15) is 0 Å². The van der Waals surface area contributed by atoms with Gasteiger partial charge in [0, 0.05) is 12.2 Å². The van der Waals surface area contributed by atoms with E-state index >= 15 is 0 Å². The molecule has 0 bridgehead atoms. The summed E-state index contributed by atoms with van der Waals surface area (Å²) in [6.45, 7) is 4.81. The van der Waals surface area contributed by atoms with Crippen LogP contribution in [0.1, 0.15) is 38.7 Å². The molecule has 3 heteroatoms. The minimum Gasteiger partial charge on any atom is -0.385 e. The molecule has 0 radical (unpaired) electrons. The first-order valence-corrected chi connectivity index (χ1v) is 6.23. The van der Waals surface area contributed by atoms with E-state index in [9.17, 15) is 0 Å². The molecule has 18 heavy (non-hydrogen) atoms. The molecule has 0 unspecified atom stereocenters. The van der Waals surface area contributed by atoms with Crippen molar-refractivity contribution in [1.82, 2.24) is 0 Å². The van der Waals surface area contributed by atoms with Crippen LogP contribution in [0, 0.1) is 28.1 Å². The van der Waals surface area contributed by atoms with E-state index in [-0.39, 0.29) is 5.41 Å². The van der Waals surface area contributed by atoms with Gasteiger partial charge in [0.05, 0.1) is 23.1 Å². The van der Waals surface area contributed by atoms with E-state index in [2.05, 4.69) is 17.5 Å². The van der Waals surface area contributed by atoms with Crippen LogP contribution in [0.2, 0.25) is 0 Å². The maximum atomic E-state index is 8.89. The molecule has 0 aromatic heterocycles. The third kappa shape index (κ3) is 4.89. The monoisotopic (exact) mass is 241 g/mol. The predicted octanol–water partition coefficient (Wildman–Crippen LogP) is 3.69. The van der Waals surface area contributed by atoms with E-state index in [1.54, 1.807) is 6.07 Å². The highest BCUT2D eigenvalue weighted by atomic mass is 14.9. The Hall–Kier alpha value is -2.00. The van der Waals surface area contributed by atoms with Gasteiger partial charge in [0.2, 0.25) is 0 Å². The fourth-order valence-corrected chi connectivity index (χ4v) is 1.68. The number of rotatable bonds is 6. The summed E-state index contributed by atoms with van der Waals surface area (Å²) in [7, 11) is 0. The second-order valence-corrected chi connectivity index (χ2v) is 5.07. The van der Waals surface area contributed by atoms with Crippen molar-refractivity contribution in [3.8, 4) is 12.1 Å². The number of hydrogen-bond acceptors (Lipinski definition) is 3. The maximum Gasteiger partial charge on any atom is 0.0992 e. The fraction of sp³-hybridized carbons (Fsp3) is 0.467. The van der Waals surface area contributed by atoms with Crippen molar-refractivity contribution in [3.05, 3.63) is 29.8 Å². The third-order valence-electron chi connectivity index (χ3n) is 2.85. The van der Waals surface area contributed by atoms with E-state index in [1.807, 2.05) is 32.0 Å². The van der Waals surface area contributed by atoms with Gasteiger partial charge in [-0.05, 0) is 44.9 Å². The Morgan fingerprint density at radius 2 is 2.00 bits per heavy atom. The zero-order chi connectivity index (χ0) is 13.4. The summed E-state index contributed by atoms with van der Waals surface area (Å²) in [6, 6.07) is 11.9. The molecule has 0 amide bonds. The largest absolute Gasteiger partial charge is 0.385 e. The van der Waals surface area contributed by atoms with E-state index in [1.165, 1.54) is 0 Å². The fourth-order valence-electron chi connectivity index (χ4n) is 1.68. The van der Waals surface area contributed by atoms with Crippen LogP contribution in [0.15, 0.2) is 24.3 Å². The third-order valence-corrected chi connectivity index (χ3v) is 2.85. The topological polar surface area (TPSA) is 59.6 Å². The van der Waals surface area contributed by atoms with Crippen molar-refractivity contribution in [2.75, 3.05) is 11.9 Å². The molecule has 0 aliphatic carbocycles. The first-order valence-electron chi connectivity index (χ1n) is 6.23. The molecule has 0 fully saturated rings. The van der Waals surface area contributed by atoms with Crippen molar-refractivity contribution in [2.45, 2.75) is 33.1 Å². The van der Waals surface area contributed by atoms with Gasteiger partial charge in [0.15, 0.2) is 0 Å². The van der Waals surface area contributed by atoms with Crippen LogP contribution in [0.4, 0.5) is 5.69 Å². The molecule has 0 saturated heterocycles. The van der Waals surface area contributed by atoms with Crippen molar-refractivity contribution >= 4 is 5.69 Å². The van der Waals surface area contributed by atoms with Crippen LogP contribution in [0.25, 0.3) is 0 Å². The minimum absolute atomic E-state index is 0.222. The average molecular weight is 241 g/mol. The molecule has 1 rings (SSSR count). The summed E-state index contributed by atoms with van der Waals surface area (Å²) in [6.07, 6.45) is 2.98. The Morgan fingerprint density at radius 3 is 2.67 bits per heavy atom. The first-order chi connectivity index (χ1) is 8.57. The van der Waals surface area contributed by atoms with Gasteiger partial charge in [-0.2, -0.15) is 10.5 Å². The van der Waals surface area contributed by atoms with Crippen LogP contribution < -0.4 is 5.32 Å². The highest BCUT2D eigenvalue weighted by molar-refractivity contribution is 5.48. The number of nitriles is 2. The minimum atomic E-state index is -0.222. The standard InChI is InChI=1S/C15H19N3/c1-15(2,12-17)8-3-4-9-18-14-7-5-6-13(10-14)11-16/h5-7,10,18H,3-4,8-9H2,1-2H3. The lowest BCUT2D eigenvalue weighted by atomic mass is 9.89. The molecule has 94 valence electrons. The summed E-state index contributed by atoms with van der Waals surface area (Å²) in [5.74, 6) is 0. The number of hydrogen-bond donors (Lipinski definition) is 1. The van der Waals surface area contributed by atoms with Crippen LogP contribution in [-0.2, 0) is 0 Å². The normalized spacial score (nSPS) is 10.4. The highest BCUT2D eigenvalue weighted by Gasteiger charge is 2.15. The van der Waals surface area contributed by atoms with Gasteiger partial charge in [-0.3, -0.25) is 0 Å². The van der Waals surface area contributed by atoms with Gasteiger partial charge in [-0.25, -0.2) is 0 Å². The van der Waals surface area contributed by atoms with Crippen LogP contribution in [0.5, 0.6) is 0 Å². The van der Waals surface area contributed by atoms with Gasteiger partial charge >= 0.3 is 0 Å². The Kier molecular flexibility index (Phi) is 5.21. The summed E-state index contributed by atoms with van der Waals surface area (Å²) in [4.78, 5) is 0. The van der Waals surface area contributed by atoms with E-state index in [4.69, 9.17) is 10.5 Å². The second kappa shape index (κ2) is 6.67. The molecular weight excluding hydrogens is 222 g/mol. The van der Waals surface area contributed by atoms with Gasteiger partial charge in [-0.1, -0.05) is 12.5 Å². The number of nitrogens with one attached hydrogen (secondary N) is 1. The van der Waals surface area contributed by atoms with Gasteiger partial charge in [0.25, 0.3) is 0 Å². The SMILES string of the molecule is CC(C)(C#N)CCCCNc1cccc(C#N)c1. The van der Waals surface area contributed by atoms with Crippen molar-refractivity contribution < 1.29 is 0 Å². The molecule has 3 nitrogen and oxygen atoms in total. The molecule has 1 aromatic rings. The van der Waals surface area contributed by atoms with Crippen molar-refractivity contribution in [3.63, 3.8) is 0 Å². The Balaban J connectivity index is 2.27. The van der Waals surface area contributed by atoms with E-state index in [0.29, 0.717) is 5.56 Å². The van der Waals surface area contributed by atoms with Crippen molar-refractivity contribution in [1.29, 1.82) is 10.5 Å². The molecule has 0 atom stereocenters. The van der Waals surface area contributed by atoms with Crippen molar-refractivity contribution in [2.24, 2.45) is 5.41 Å². The van der Waals surface area contributed by atoms with Crippen LogP contribution >= 0.6 is 0 Å². The lowest BCUT2D eigenvalue weighted by Crippen LogP contribution is -2.09. The average Bonchev–Trinajstić information content (AvgIpc) is 2.38. The smallest absolute Gasteiger partial charge is 0.0992 e. The van der Waals surface area contributed by atoms with E-state index < -0.39 is 0 Å². The summed E-state index contributed by atoms with van der Waals surface area (Å²) >= 11 is 0. The molecule has 0 aliphatic heterocycles. The molecule has 0 heterocycles. The lowest BCUT2D eigenvalue weighted by Gasteiger charge is -2.14. The Labute approximate surface area is 109 Å². The zero-order valence-corrected chi connectivity index (χ0v) is 11.0. The molecule has 0 saturated carbocycles. The number of benzene rings is 1. The molecule has 1 aromatic carbocycles. The van der Waals surface area contributed by atoms with E-state index in [0.717, 1.165) is 31.5 Å². The zero-order valence-electron chi connectivity index (χ0n) is 11.0. The lowest BCUT2D eigenvalue weighted by molar-refractivity contribution is 0.430. The molecular formula is C15H19N3. The first kappa shape index (κ1) is 14.1. The molecule has 1 N–H and O–H groups in total. The number of unbranched alkanes of at least 4 members (excludes halogenated alkanes) is 1. The predicted molar refractivity (Wildman–Crippen MR) is 72.9 cm³/mol. The second-order valence-electron chi connectivity index (χ2n) is 5.07. The number of nitrogens with zero attached hydrogens (tertiary/aromatic N) is 2. The Morgan fingerprint density at radius 1 is 1.22 bits per heavy atom. The summed E-state index contributed by atoms with van der Waals surface area (Å²) < 4.78 is 0. The maximum absolute atomic E-state index is 8.89. The molecule has 0 spiro atoms. The Bertz CT molecular complexity index is 463. The highest BCUT2D eigenvalue weighted by Crippen LogP contribution is 2.21. The van der Waals surface area contributed by atoms with Gasteiger partial charge in [-0.15, -0.1) is 0 Å². The summed E-state index contributed by atoms with van der Waals surface area (Å²) in [5.41, 5.74) is 1.43.